The molecule has 1 saturated heterocycles. The molecule has 0 bridgehead atoms. The van der Waals surface area contributed by atoms with E-state index in [1.54, 1.807) is 17.1 Å². The monoisotopic (exact) mass is 356 g/mol. The maximum atomic E-state index is 12.8. The Labute approximate surface area is 154 Å². The number of carbonyl (C=O) groups excluding carboxylic acids is 1. The van der Waals surface area contributed by atoms with Crippen LogP contribution in [-0.2, 0) is 13.0 Å². The van der Waals surface area contributed by atoms with E-state index in [4.69, 9.17) is 0 Å². The minimum Gasteiger partial charge on any atom is -0.346 e. The van der Waals surface area contributed by atoms with Crippen molar-refractivity contribution in [3.05, 3.63) is 35.9 Å². The maximum Gasteiger partial charge on any atom is 0.269 e. The third kappa shape index (κ3) is 4.39. The molecule has 0 aliphatic carbocycles. The molecule has 0 spiro atoms. The summed E-state index contributed by atoms with van der Waals surface area (Å²) in [6.45, 7) is 8.67. The second-order valence-corrected chi connectivity index (χ2v) is 7.24. The number of aryl methyl sites for hydroxylation is 1. The van der Waals surface area contributed by atoms with Crippen LogP contribution in [0, 0.1) is 5.92 Å². The summed E-state index contributed by atoms with van der Waals surface area (Å²) >= 11 is 0. The molecule has 140 valence electrons. The second-order valence-electron chi connectivity index (χ2n) is 7.24. The Balaban J connectivity index is 1.66. The van der Waals surface area contributed by atoms with Gasteiger partial charge < -0.3 is 10.2 Å². The number of piperidine rings is 1. The Morgan fingerprint density at radius 3 is 2.81 bits per heavy atom. The number of amides is 1. The Morgan fingerprint density at radius 1 is 1.35 bits per heavy atom. The smallest absolute Gasteiger partial charge is 0.269 e. The van der Waals surface area contributed by atoms with Crippen molar-refractivity contribution in [3.63, 3.8) is 0 Å². The van der Waals surface area contributed by atoms with Gasteiger partial charge in [-0.3, -0.25) is 9.48 Å². The number of nitrogens with one attached hydrogen (secondary N) is 1. The van der Waals surface area contributed by atoms with Crippen molar-refractivity contribution in [2.24, 2.45) is 5.92 Å². The van der Waals surface area contributed by atoms with E-state index in [0.29, 0.717) is 18.2 Å². The molecule has 26 heavy (non-hydrogen) atoms. The fourth-order valence-corrected chi connectivity index (χ4v) is 3.40. The summed E-state index contributed by atoms with van der Waals surface area (Å²) in [7, 11) is 0. The van der Waals surface area contributed by atoms with Crippen molar-refractivity contribution in [1.82, 2.24) is 25.1 Å². The number of hydrogen-bond donors (Lipinski definition) is 1. The predicted octanol–water partition coefficient (Wildman–Crippen LogP) is 2.29. The van der Waals surface area contributed by atoms with Gasteiger partial charge in [0.2, 0.25) is 5.95 Å². The molecular formula is C19H28N6O. The number of anilines is 1. The highest BCUT2D eigenvalue weighted by atomic mass is 16.2. The average molecular weight is 356 g/mol. The SMILES string of the molecule is CCn1nc(CC(C)C)cc1C(=O)N[C@@H]1CCCN(c2ncccn2)C1. The fourth-order valence-electron chi connectivity index (χ4n) is 3.40. The van der Waals surface area contributed by atoms with Gasteiger partial charge in [-0.05, 0) is 44.2 Å². The lowest BCUT2D eigenvalue weighted by molar-refractivity contribution is 0.0922. The Morgan fingerprint density at radius 2 is 2.12 bits per heavy atom. The van der Waals surface area contributed by atoms with Gasteiger partial charge in [-0.2, -0.15) is 5.10 Å². The zero-order valence-corrected chi connectivity index (χ0v) is 15.9. The first kappa shape index (κ1) is 18.4. The van der Waals surface area contributed by atoms with Gasteiger partial charge in [0.1, 0.15) is 5.69 Å². The van der Waals surface area contributed by atoms with Crippen molar-refractivity contribution in [2.45, 2.75) is 52.6 Å². The molecule has 1 aliphatic rings. The number of carbonyl (C=O) groups is 1. The van der Waals surface area contributed by atoms with Crippen LogP contribution in [0.15, 0.2) is 24.5 Å². The zero-order chi connectivity index (χ0) is 18.5. The average Bonchev–Trinajstić information content (AvgIpc) is 3.05. The highest BCUT2D eigenvalue weighted by Gasteiger charge is 2.25. The number of rotatable bonds is 6. The van der Waals surface area contributed by atoms with Crippen LogP contribution >= 0.6 is 0 Å². The molecule has 1 aliphatic heterocycles. The van der Waals surface area contributed by atoms with E-state index in [1.807, 2.05) is 19.1 Å². The van der Waals surface area contributed by atoms with Crippen LogP contribution in [0.1, 0.15) is 49.8 Å². The van der Waals surface area contributed by atoms with Crippen molar-refractivity contribution in [1.29, 1.82) is 0 Å². The normalized spacial score (nSPS) is 17.5. The molecule has 2 aromatic rings. The predicted molar refractivity (Wildman–Crippen MR) is 101 cm³/mol. The summed E-state index contributed by atoms with van der Waals surface area (Å²) in [5.74, 6) is 1.20. The minimum absolute atomic E-state index is 0.0461. The lowest BCUT2D eigenvalue weighted by atomic mass is 10.1. The summed E-state index contributed by atoms with van der Waals surface area (Å²) in [5, 5.41) is 7.75. The summed E-state index contributed by atoms with van der Waals surface area (Å²) in [6, 6.07) is 3.83. The molecule has 1 N–H and O–H groups in total. The molecule has 1 fully saturated rings. The summed E-state index contributed by atoms with van der Waals surface area (Å²) in [4.78, 5) is 23.6. The maximum absolute atomic E-state index is 12.8. The van der Waals surface area contributed by atoms with Crippen LogP contribution in [0.5, 0.6) is 0 Å². The molecule has 0 aromatic carbocycles. The molecule has 0 unspecified atom stereocenters. The van der Waals surface area contributed by atoms with Crippen LogP contribution in [0.4, 0.5) is 5.95 Å². The van der Waals surface area contributed by atoms with Gasteiger partial charge in [0.15, 0.2) is 0 Å². The number of aromatic nitrogens is 4. The van der Waals surface area contributed by atoms with Crippen molar-refractivity contribution < 1.29 is 4.79 Å². The van der Waals surface area contributed by atoms with Crippen LogP contribution < -0.4 is 10.2 Å². The molecule has 0 radical (unpaired) electrons. The van der Waals surface area contributed by atoms with Crippen molar-refractivity contribution in [2.75, 3.05) is 18.0 Å². The summed E-state index contributed by atoms with van der Waals surface area (Å²) in [6.07, 6.45) is 6.36. The third-order valence-corrected chi connectivity index (χ3v) is 4.57. The first-order valence-electron chi connectivity index (χ1n) is 9.46. The van der Waals surface area contributed by atoms with E-state index in [-0.39, 0.29) is 11.9 Å². The highest BCUT2D eigenvalue weighted by Crippen LogP contribution is 2.16. The van der Waals surface area contributed by atoms with Gasteiger partial charge in [0.25, 0.3) is 5.91 Å². The Hall–Kier alpha value is -2.44. The fraction of sp³-hybridized carbons (Fsp3) is 0.579. The first-order chi connectivity index (χ1) is 12.6. The Kier molecular flexibility index (Phi) is 5.85. The standard InChI is InChI=1S/C19H28N6O/c1-4-25-17(12-16(23-25)11-14(2)3)18(26)22-15-7-5-10-24(13-15)19-20-8-6-9-21-19/h6,8-9,12,14-15H,4-5,7,10-11,13H2,1-3H3,(H,22,26)/t15-/m1/s1. The molecule has 2 aromatic heterocycles. The van der Waals surface area contributed by atoms with Crippen LogP contribution in [0.25, 0.3) is 0 Å². The zero-order valence-electron chi connectivity index (χ0n) is 15.9. The van der Waals surface area contributed by atoms with Gasteiger partial charge in [-0.15, -0.1) is 0 Å². The van der Waals surface area contributed by atoms with E-state index in [1.165, 1.54) is 0 Å². The van der Waals surface area contributed by atoms with Gasteiger partial charge in [0.05, 0.1) is 5.69 Å². The van der Waals surface area contributed by atoms with E-state index in [9.17, 15) is 4.79 Å². The van der Waals surface area contributed by atoms with Gasteiger partial charge in [-0.25, -0.2) is 9.97 Å². The first-order valence-corrected chi connectivity index (χ1v) is 9.46. The molecular weight excluding hydrogens is 328 g/mol. The van der Waals surface area contributed by atoms with Crippen molar-refractivity contribution in [3.8, 4) is 0 Å². The quantitative estimate of drug-likeness (QED) is 0.859. The van der Waals surface area contributed by atoms with Gasteiger partial charge >= 0.3 is 0 Å². The molecule has 0 saturated carbocycles. The van der Waals surface area contributed by atoms with E-state index in [2.05, 4.69) is 39.1 Å². The van der Waals surface area contributed by atoms with Crippen LogP contribution in [0.2, 0.25) is 0 Å². The highest BCUT2D eigenvalue weighted by molar-refractivity contribution is 5.93. The second kappa shape index (κ2) is 8.29. The van der Waals surface area contributed by atoms with Crippen LogP contribution in [0.3, 0.4) is 0 Å². The van der Waals surface area contributed by atoms with E-state index in [0.717, 1.165) is 44.0 Å². The van der Waals surface area contributed by atoms with Gasteiger partial charge in [-0.1, -0.05) is 13.8 Å². The molecule has 7 heteroatoms. The lowest BCUT2D eigenvalue weighted by Gasteiger charge is -2.33. The minimum atomic E-state index is -0.0461. The van der Waals surface area contributed by atoms with Gasteiger partial charge in [0, 0.05) is 38.1 Å². The topological polar surface area (TPSA) is 75.9 Å². The summed E-state index contributed by atoms with van der Waals surface area (Å²) in [5.41, 5.74) is 1.63. The lowest BCUT2D eigenvalue weighted by Crippen LogP contribution is -2.48. The Bertz CT molecular complexity index is 727. The largest absolute Gasteiger partial charge is 0.346 e. The molecule has 1 atom stereocenters. The molecule has 1 amide bonds. The third-order valence-electron chi connectivity index (χ3n) is 4.57. The van der Waals surface area contributed by atoms with E-state index >= 15 is 0 Å². The molecule has 3 heterocycles. The number of hydrogen-bond acceptors (Lipinski definition) is 5. The van der Waals surface area contributed by atoms with Crippen LogP contribution in [-0.4, -0.2) is 44.8 Å². The molecule has 3 rings (SSSR count). The molecule has 7 nitrogen and oxygen atoms in total. The van der Waals surface area contributed by atoms with E-state index < -0.39 is 0 Å². The summed E-state index contributed by atoms with van der Waals surface area (Å²) < 4.78 is 1.80. The number of nitrogens with zero attached hydrogens (tertiary/aromatic N) is 5. The van der Waals surface area contributed by atoms with Crippen molar-refractivity contribution >= 4 is 11.9 Å².